The smallest absolute Gasteiger partial charge is 0.0446 e. The van der Waals surface area contributed by atoms with E-state index in [1.807, 2.05) is 0 Å². The Bertz CT molecular complexity index is 106. The molecule has 1 aliphatic heterocycles. The number of rotatable bonds is 3. The molecule has 0 aromatic heterocycles. The predicted octanol–water partition coefficient (Wildman–Crippen LogP) is -0.523. The summed E-state index contributed by atoms with van der Waals surface area (Å²) in [7, 11) is 0. The summed E-state index contributed by atoms with van der Waals surface area (Å²) >= 11 is 0. The van der Waals surface area contributed by atoms with Crippen LogP contribution in [0.3, 0.4) is 0 Å². The first-order valence-corrected chi connectivity index (χ1v) is 4.23. The molecule has 1 aliphatic rings. The minimum Gasteiger partial charge on any atom is -0.396 e. The standard InChI is InChI=1S/C8H17N2O/c1-2-10-5-4-9-7-8(10)3-6-11/h8-9,11H,1-7H2. The van der Waals surface area contributed by atoms with Crippen molar-refractivity contribution in [2.45, 2.75) is 12.5 Å². The Morgan fingerprint density at radius 1 is 1.64 bits per heavy atom. The molecule has 1 fully saturated rings. The van der Waals surface area contributed by atoms with E-state index in [1.54, 1.807) is 0 Å². The number of hydrogen-bond donors (Lipinski definition) is 2. The predicted molar refractivity (Wildman–Crippen MR) is 45.3 cm³/mol. The number of piperazine rings is 1. The molecule has 0 spiro atoms. The average molecular weight is 157 g/mol. The van der Waals surface area contributed by atoms with Gasteiger partial charge in [0.15, 0.2) is 0 Å². The second-order valence-corrected chi connectivity index (χ2v) is 2.91. The van der Waals surface area contributed by atoms with E-state index in [2.05, 4.69) is 17.1 Å². The highest BCUT2D eigenvalue weighted by Crippen LogP contribution is 2.05. The van der Waals surface area contributed by atoms with Crippen LogP contribution in [0, 0.1) is 6.92 Å². The molecular formula is C8H17N2O. The van der Waals surface area contributed by atoms with E-state index in [0.717, 1.165) is 32.6 Å². The summed E-state index contributed by atoms with van der Waals surface area (Å²) in [4.78, 5) is 2.31. The van der Waals surface area contributed by atoms with E-state index in [0.29, 0.717) is 6.04 Å². The second-order valence-electron chi connectivity index (χ2n) is 2.91. The van der Waals surface area contributed by atoms with Crippen LogP contribution < -0.4 is 5.32 Å². The van der Waals surface area contributed by atoms with Gasteiger partial charge in [0.05, 0.1) is 0 Å². The zero-order chi connectivity index (χ0) is 8.10. The zero-order valence-corrected chi connectivity index (χ0v) is 6.92. The molecule has 1 saturated heterocycles. The third-order valence-corrected chi connectivity index (χ3v) is 2.22. The minimum absolute atomic E-state index is 0.281. The zero-order valence-electron chi connectivity index (χ0n) is 6.92. The first-order chi connectivity index (χ1) is 5.38. The second kappa shape index (κ2) is 4.70. The van der Waals surface area contributed by atoms with Crippen molar-refractivity contribution in [1.82, 2.24) is 10.2 Å². The van der Waals surface area contributed by atoms with Gasteiger partial charge in [-0.2, -0.15) is 0 Å². The summed E-state index contributed by atoms with van der Waals surface area (Å²) in [6.45, 7) is 8.11. The lowest BCUT2D eigenvalue weighted by molar-refractivity contribution is 0.143. The molecule has 2 N–H and O–H groups in total. The van der Waals surface area contributed by atoms with Gasteiger partial charge in [-0.1, -0.05) is 0 Å². The molecule has 1 rings (SSSR count). The minimum atomic E-state index is 0.281. The molecule has 3 nitrogen and oxygen atoms in total. The first kappa shape index (κ1) is 8.97. The Hall–Kier alpha value is -0.120. The third kappa shape index (κ3) is 2.43. The third-order valence-electron chi connectivity index (χ3n) is 2.22. The highest BCUT2D eigenvalue weighted by molar-refractivity contribution is 4.79. The topological polar surface area (TPSA) is 35.5 Å². The highest BCUT2D eigenvalue weighted by Gasteiger charge is 2.19. The summed E-state index contributed by atoms with van der Waals surface area (Å²) in [6.07, 6.45) is 0.864. The van der Waals surface area contributed by atoms with Gasteiger partial charge in [-0.25, -0.2) is 0 Å². The van der Waals surface area contributed by atoms with Crippen molar-refractivity contribution < 1.29 is 5.11 Å². The van der Waals surface area contributed by atoms with E-state index >= 15 is 0 Å². The molecule has 1 unspecified atom stereocenters. The van der Waals surface area contributed by atoms with Crippen LogP contribution in [-0.2, 0) is 0 Å². The van der Waals surface area contributed by atoms with Gasteiger partial charge in [-0.15, -0.1) is 0 Å². The van der Waals surface area contributed by atoms with Crippen molar-refractivity contribution in [3.63, 3.8) is 0 Å². The van der Waals surface area contributed by atoms with Gasteiger partial charge in [0.25, 0.3) is 0 Å². The Kier molecular flexibility index (Phi) is 3.83. The monoisotopic (exact) mass is 157 g/mol. The lowest BCUT2D eigenvalue weighted by atomic mass is 10.1. The van der Waals surface area contributed by atoms with Gasteiger partial charge >= 0.3 is 0 Å². The molecule has 3 heteroatoms. The fourth-order valence-electron chi connectivity index (χ4n) is 1.53. The molecule has 1 heterocycles. The van der Waals surface area contributed by atoms with Crippen LogP contribution in [0.1, 0.15) is 6.42 Å². The van der Waals surface area contributed by atoms with Crippen LogP contribution in [0.5, 0.6) is 0 Å². The largest absolute Gasteiger partial charge is 0.396 e. The summed E-state index contributed by atoms with van der Waals surface area (Å²) in [6, 6.07) is 0.492. The number of nitrogens with one attached hydrogen (secondary N) is 1. The Morgan fingerprint density at radius 2 is 2.45 bits per heavy atom. The van der Waals surface area contributed by atoms with Gasteiger partial charge in [0.1, 0.15) is 0 Å². The molecule has 0 bridgehead atoms. The quantitative estimate of drug-likeness (QED) is 0.578. The van der Waals surface area contributed by atoms with Crippen molar-refractivity contribution in [2.75, 3.05) is 32.8 Å². The van der Waals surface area contributed by atoms with Crippen LogP contribution in [0.4, 0.5) is 0 Å². The van der Waals surface area contributed by atoms with Crippen LogP contribution in [0.25, 0.3) is 0 Å². The van der Waals surface area contributed by atoms with E-state index in [9.17, 15) is 0 Å². The molecule has 1 radical (unpaired) electrons. The Balaban J connectivity index is 2.31. The van der Waals surface area contributed by atoms with Crippen LogP contribution in [0.2, 0.25) is 0 Å². The highest BCUT2D eigenvalue weighted by atomic mass is 16.3. The molecule has 0 saturated carbocycles. The van der Waals surface area contributed by atoms with Gasteiger partial charge in [0.2, 0.25) is 0 Å². The maximum atomic E-state index is 8.76. The van der Waals surface area contributed by atoms with E-state index < -0.39 is 0 Å². The SMILES string of the molecule is [CH2]CN1CCNCC1CCO. The Morgan fingerprint density at radius 3 is 3.09 bits per heavy atom. The van der Waals surface area contributed by atoms with Crippen molar-refractivity contribution in [1.29, 1.82) is 0 Å². The van der Waals surface area contributed by atoms with Crippen LogP contribution in [-0.4, -0.2) is 48.8 Å². The number of aliphatic hydroxyl groups excluding tert-OH is 1. The normalized spacial score (nSPS) is 27.3. The van der Waals surface area contributed by atoms with Crippen molar-refractivity contribution in [3.8, 4) is 0 Å². The lowest BCUT2D eigenvalue weighted by Gasteiger charge is -2.34. The molecule has 0 aromatic rings. The number of hydrogen-bond acceptors (Lipinski definition) is 3. The molecule has 65 valence electrons. The fourth-order valence-corrected chi connectivity index (χ4v) is 1.53. The van der Waals surface area contributed by atoms with Crippen molar-refractivity contribution in [3.05, 3.63) is 6.92 Å². The van der Waals surface area contributed by atoms with E-state index in [1.165, 1.54) is 0 Å². The molecule has 0 aromatic carbocycles. The average Bonchev–Trinajstić information content (AvgIpc) is 2.06. The van der Waals surface area contributed by atoms with E-state index in [4.69, 9.17) is 5.11 Å². The summed E-state index contributed by atoms with van der Waals surface area (Å²) in [5.74, 6) is 0. The fraction of sp³-hybridized carbons (Fsp3) is 0.875. The first-order valence-electron chi connectivity index (χ1n) is 4.23. The molecule has 1 atom stereocenters. The van der Waals surface area contributed by atoms with E-state index in [-0.39, 0.29) is 6.61 Å². The summed E-state index contributed by atoms with van der Waals surface area (Å²) < 4.78 is 0. The van der Waals surface area contributed by atoms with Gasteiger partial charge in [-0.3, -0.25) is 4.90 Å². The number of aliphatic hydroxyl groups is 1. The van der Waals surface area contributed by atoms with Gasteiger partial charge < -0.3 is 10.4 Å². The van der Waals surface area contributed by atoms with Crippen molar-refractivity contribution >= 4 is 0 Å². The summed E-state index contributed by atoms with van der Waals surface area (Å²) in [5.41, 5.74) is 0. The maximum absolute atomic E-state index is 8.76. The molecule has 11 heavy (non-hydrogen) atoms. The van der Waals surface area contributed by atoms with Gasteiger partial charge in [-0.05, 0) is 19.9 Å². The molecule has 0 amide bonds. The van der Waals surface area contributed by atoms with Crippen LogP contribution >= 0.6 is 0 Å². The Labute approximate surface area is 68.4 Å². The van der Waals surface area contributed by atoms with Crippen LogP contribution in [0.15, 0.2) is 0 Å². The number of nitrogens with zero attached hydrogens (tertiary/aromatic N) is 1. The molecule has 0 aliphatic carbocycles. The van der Waals surface area contributed by atoms with Crippen molar-refractivity contribution in [2.24, 2.45) is 0 Å². The van der Waals surface area contributed by atoms with Gasteiger partial charge in [0, 0.05) is 32.3 Å². The maximum Gasteiger partial charge on any atom is 0.0446 e. The lowest BCUT2D eigenvalue weighted by Crippen LogP contribution is -2.51. The summed E-state index contributed by atoms with van der Waals surface area (Å²) in [5, 5.41) is 12.1. The molecular weight excluding hydrogens is 140 g/mol.